The molecular formula is C40H26N2. The van der Waals surface area contributed by atoms with E-state index < -0.39 is 0 Å². The molecule has 2 heterocycles. The first-order valence-electron chi connectivity index (χ1n) is 14.8. The third-order valence-electron chi connectivity index (χ3n) is 9.62. The lowest BCUT2D eigenvalue weighted by atomic mass is 9.85. The van der Waals surface area contributed by atoms with Gasteiger partial charge in [0.1, 0.15) is 0 Å². The lowest BCUT2D eigenvalue weighted by Gasteiger charge is -2.19. The molecule has 0 amide bonds. The molecule has 1 N–H and O–H groups in total. The summed E-state index contributed by atoms with van der Waals surface area (Å²) in [5, 5.41) is 6.76. The predicted molar refractivity (Wildman–Crippen MR) is 176 cm³/mol. The first-order valence-corrected chi connectivity index (χ1v) is 14.8. The van der Waals surface area contributed by atoms with Crippen molar-refractivity contribution in [2.45, 2.75) is 12.3 Å². The smallest absolute Gasteiger partial charge is 0.0541 e. The minimum atomic E-state index is 0.319. The summed E-state index contributed by atoms with van der Waals surface area (Å²) >= 11 is 0. The molecule has 10 rings (SSSR count). The summed E-state index contributed by atoms with van der Waals surface area (Å²) < 4.78 is 2.39. The third-order valence-corrected chi connectivity index (χ3v) is 9.62. The molecule has 0 bridgehead atoms. The molecule has 1 atom stereocenters. The zero-order valence-electron chi connectivity index (χ0n) is 22.9. The van der Waals surface area contributed by atoms with E-state index in [0.717, 1.165) is 6.42 Å². The van der Waals surface area contributed by atoms with Gasteiger partial charge < -0.3 is 9.55 Å². The first-order chi connectivity index (χ1) is 20.8. The second-order valence-corrected chi connectivity index (χ2v) is 11.8. The van der Waals surface area contributed by atoms with Gasteiger partial charge in [0.25, 0.3) is 0 Å². The van der Waals surface area contributed by atoms with Gasteiger partial charge in [0.2, 0.25) is 0 Å². The van der Waals surface area contributed by atoms with Crippen LogP contribution in [0.25, 0.3) is 77.5 Å². The van der Waals surface area contributed by atoms with Crippen molar-refractivity contribution < 1.29 is 0 Å². The molecule has 196 valence electrons. The van der Waals surface area contributed by atoms with Crippen LogP contribution in [0.4, 0.5) is 0 Å². The maximum Gasteiger partial charge on any atom is 0.0541 e. The highest BCUT2D eigenvalue weighted by Gasteiger charge is 2.27. The van der Waals surface area contributed by atoms with E-state index in [4.69, 9.17) is 0 Å². The normalized spacial score (nSPS) is 15.2. The van der Waals surface area contributed by atoms with Crippen molar-refractivity contribution in [2.24, 2.45) is 0 Å². The zero-order chi connectivity index (χ0) is 27.4. The number of nitrogens with zero attached hydrogens (tertiary/aromatic N) is 1. The summed E-state index contributed by atoms with van der Waals surface area (Å²) in [6.45, 7) is 0. The number of hydrogen-bond acceptors (Lipinski definition) is 0. The Morgan fingerprint density at radius 1 is 0.571 bits per heavy atom. The number of nitrogens with one attached hydrogen (secondary N) is 1. The van der Waals surface area contributed by atoms with Gasteiger partial charge in [-0.15, -0.1) is 0 Å². The van der Waals surface area contributed by atoms with Crippen molar-refractivity contribution in [2.75, 3.05) is 0 Å². The average molecular weight is 535 g/mol. The largest absolute Gasteiger partial charge is 0.355 e. The molecule has 0 radical (unpaired) electrons. The average Bonchev–Trinajstić information content (AvgIpc) is 3.70. The van der Waals surface area contributed by atoms with Crippen LogP contribution in [0.5, 0.6) is 0 Å². The minimum absolute atomic E-state index is 0.319. The van der Waals surface area contributed by atoms with Gasteiger partial charge >= 0.3 is 0 Å². The van der Waals surface area contributed by atoms with E-state index in [0.29, 0.717) is 5.92 Å². The molecule has 8 aromatic rings. The summed E-state index contributed by atoms with van der Waals surface area (Å²) in [7, 11) is 0. The molecule has 0 aliphatic heterocycles. The Morgan fingerprint density at radius 3 is 2.21 bits per heavy atom. The fourth-order valence-corrected chi connectivity index (χ4v) is 7.81. The molecular weight excluding hydrogens is 508 g/mol. The molecule has 0 fully saturated rings. The van der Waals surface area contributed by atoms with Crippen LogP contribution in [0.2, 0.25) is 0 Å². The van der Waals surface area contributed by atoms with Crippen LogP contribution in [0.1, 0.15) is 22.7 Å². The van der Waals surface area contributed by atoms with E-state index in [2.05, 4.69) is 143 Å². The Balaban J connectivity index is 1.14. The SMILES string of the molecule is C1=CC(c2ccc3c(c2)c2ccccc2n3-c2ccccc2)Cc2c1[nH]c1cc3c4c(cccc4c21)-c1ccccc1-3. The van der Waals surface area contributed by atoms with E-state index in [1.54, 1.807) is 0 Å². The fraction of sp³-hybridized carbons (Fsp3) is 0.0500. The van der Waals surface area contributed by atoms with Crippen LogP contribution in [0, 0.1) is 0 Å². The van der Waals surface area contributed by atoms with Gasteiger partial charge in [0.05, 0.1) is 11.0 Å². The van der Waals surface area contributed by atoms with Gasteiger partial charge in [0, 0.05) is 39.0 Å². The van der Waals surface area contributed by atoms with Crippen LogP contribution in [-0.2, 0) is 6.42 Å². The molecule has 0 saturated carbocycles. The molecule has 2 nitrogen and oxygen atoms in total. The fourth-order valence-electron chi connectivity index (χ4n) is 7.81. The highest BCUT2D eigenvalue weighted by atomic mass is 15.0. The van der Waals surface area contributed by atoms with Crippen molar-refractivity contribution in [1.82, 2.24) is 9.55 Å². The lowest BCUT2D eigenvalue weighted by molar-refractivity contribution is 0.833. The number of aromatic nitrogens is 2. The van der Waals surface area contributed by atoms with Gasteiger partial charge in [-0.25, -0.2) is 0 Å². The first kappa shape index (κ1) is 22.4. The molecule has 2 aliphatic rings. The molecule has 6 aromatic carbocycles. The van der Waals surface area contributed by atoms with E-state index in [9.17, 15) is 0 Å². The molecule has 42 heavy (non-hydrogen) atoms. The van der Waals surface area contributed by atoms with Crippen LogP contribution < -0.4 is 0 Å². The number of fused-ring (bicyclic) bond motifs is 10. The Morgan fingerprint density at radius 2 is 1.31 bits per heavy atom. The second-order valence-electron chi connectivity index (χ2n) is 11.8. The van der Waals surface area contributed by atoms with Crippen LogP contribution in [0.3, 0.4) is 0 Å². The van der Waals surface area contributed by atoms with Crippen molar-refractivity contribution in [3.63, 3.8) is 0 Å². The standard InChI is InChI=1S/C40H26N2/c1-2-9-26(10-3-1)42-37-16-7-6-13-29(37)32-21-25(18-20-38(32)42)24-17-19-35-34(22-24)40-31-15-8-14-30-27-11-4-5-12-28(27)33(39(30)31)23-36(40)41-35/h1-21,23-24,41H,22H2. The number of hydrogen-bond donors (Lipinski definition) is 1. The highest BCUT2D eigenvalue weighted by molar-refractivity contribution is 6.24. The lowest BCUT2D eigenvalue weighted by Crippen LogP contribution is -2.05. The Hall–Kier alpha value is -5.34. The van der Waals surface area contributed by atoms with Crippen LogP contribution in [0.15, 0.2) is 127 Å². The van der Waals surface area contributed by atoms with E-state index in [1.165, 1.54) is 88.2 Å². The molecule has 2 heteroatoms. The molecule has 2 aromatic heterocycles. The van der Waals surface area contributed by atoms with Crippen molar-refractivity contribution >= 4 is 49.6 Å². The number of allylic oxidation sites excluding steroid dienone is 1. The van der Waals surface area contributed by atoms with Crippen molar-refractivity contribution in [3.05, 3.63) is 144 Å². The number of para-hydroxylation sites is 2. The second kappa shape index (κ2) is 8.11. The number of rotatable bonds is 2. The Labute approximate surface area is 243 Å². The molecule has 1 unspecified atom stereocenters. The number of aromatic amines is 1. The summed E-state index contributed by atoms with van der Waals surface area (Å²) in [5.41, 5.74) is 14.4. The van der Waals surface area contributed by atoms with Gasteiger partial charge in [-0.3, -0.25) is 0 Å². The summed E-state index contributed by atoms with van der Waals surface area (Å²) in [6.07, 6.45) is 5.70. The van der Waals surface area contributed by atoms with Gasteiger partial charge in [0.15, 0.2) is 0 Å². The summed E-state index contributed by atoms with van der Waals surface area (Å²) in [6, 6.07) is 44.6. The molecule has 2 aliphatic carbocycles. The van der Waals surface area contributed by atoms with Crippen LogP contribution in [-0.4, -0.2) is 9.55 Å². The third kappa shape index (κ3) is 2.89. The minimum Gasteiger partial charge on any atom is -0.355 e. The maximum absolute atomic E-state index is 3.79. The van der Waals surface area contributed by atoms with Crippen molar-refractivity contribution in [3.8, 4) is 27.9 Å². The van der Waals surface area contributed by atoms with Crippen molar-refractivity contribution in [1.29, 1.82) is 0 Å². The van der Waals surface area contributed by atoms with Gasteiger partial charge in [-0.05, 0) is 93.0 Å². The summed E-state index contributed by atoms with van der Waals surface area (Å²) in [5.74, 6) is 0.319. The number of H-pyrrole nitrogens is 1. The molecule has 0 saturated heterocycles. The van der Waals surface area contributed by atoms with Gasteiger partial charge in [-0.1, -0.05) is 91.0 Å². The summed E-state index contributed by atoms with van der Waals surface area (Å²) in [4.78, 5) is 3.79. The Kier molecular flexibility index (Phi) is 4.32. The van der Waals surface area contributed by atoms with Gasteiger partial charge in [-0.2, -0.15) is 0 Å². The quantitative estimate of drug-likeness (QED) is 0.228. The maximum atomic E-state index is 3.79. The predicted octanol–water partition coefficient (Wildman–Crippen LogP) is 10.4. The monoisotopic (exact) mass is 534 g/mol. The van der Waals surface area contributed by atoms with E-state index in [1.807, 2.05) is 0 Å². The zero-order valence-corrected chi connectivity index (χ0v) is 22.9. The Bertz CT molecular complexity index is 2430. The topological polar surface area (TPSA) is 20.7 Å². The van der Waals surface area contributed by atoms with E-state index >= 15 is 0 Å². The number of benzene rings is 6. The van der Waals surface area contributed by atoms with E-state index in [-0.39, 0.29) is 0 Å². The van der Waals surface area contributed by atoms with Crippen LogP contribution >= 0.6 is 0 Å². The highest BCUT2D eigenvalue weighted by Crippen LogP contribution is 2.50. The molecule has 0 spiro atoms.